The van der Waals surface area contributed by atoms with Crippen molar-refractivity contribution in [3.8, 4) is 5.75 Å². The van der Waals surface area contributed by atoms with Crippen molar-refractivity contribution in [2.24, 2.45) is 16.2 Å². The van der Waals surface area contributed by atoms with Gasteiger partial charge in [-0.25, -0.2) is 62.4 Å². The summed E-state index contributed by atoms with van der Waals surface area (Å²) in [6, 6.07) is 28.1. The van der Waals surface area contributed by atoms with Crippen molar-refractivity contribution in [3.63, 3.8) is 0 Å². The zero-order valence-corrected chi connectivity index (χ0v) is 67.0. The molecule has 32 heteroatoms. The number of aromatic nitrogens is 12. The number of ether oxygens (including phenoxy) is 5. The molecule has 12 atom stereocenters. The van der Waals surface area contributed by atoms with Gasteiger partial charge in [-0.1, -0.05) is 66.1 Å². The summed E-state index contributed by atoms with van der Waals surface area (Å²) in [5, 5.41) is 25.6. The highest BCUT2D eigenvalue weighted by atomic mass is 79.9. The summed E-state index contributed by atoms with van der Waals surface area (Å²) in [4.78, 5) is 38.0. The largest absolute Gasteiger partial charge is 0.492 e. The van der Waals surface area contributed by atoms with E-state index in [0.717, 1.165) is 52.5 Å². The predicted molar refractivity (Wildman–Crippen MR) is 445 cm³/mol. The van der Waals surface area contributed by atoms with Gasteiger partial charge < -0.3 is 87.7 Å². The van der Waals surface area contributed by atoms with Gasteiger partial charge in [-0.2, -0.15) is 0 Å². The first-order chi connectivity index (χ1) is 54.1. The van der Waals surface area contributed by atoms with Crippen LogP contribution in [0, 0.1) is 39.5 Å². The number of benzene rings is 4. The SMILES string of the molecule is C.C=C[C@@]1(C)C[C@@H](n2ccc3c(N)ncnc32)[C@@H]2OC(C)(C)O[C@@H]21.CC1(C)O[C@H]2[C@H](n3ccc4c(N)ncnc43)C[C@](C)(CCc3cc(F)c4ccc(N)nc4c3)[C@H]2O1.COc1c(N)cc(Br)cc1F.C[C@]1(CCc2cc(F)c3ccc(N)nc3c2)C[C@@H](n2ccc3c(N)ncnc32)[C@H](O)[C@@H]1O.Nc1ccc2c(F)cc(Br)cc2n1. The molecule has 0 unspecified atom stereocenters. The molecule has 0 amide bonds. The van der Waals surface area contributed by atoms with E-state index in [1.54, 1.807) is 54.6 Å². The molecule has 2 aliphatic heterocycles. The van der Waals surface area contributed by atoms with Crippen LogP contribution < -0.4 is 44.9 Å². The molecule has 3 aliphatic carbocycles. The van der Waals surface area contributed by atoms with E-state index in [9.17, 15) is 27.8 Å². The first-order valence-corrected chi connectivity index (χ1v) is 38.6. The Kier molecular flexibility index (Phi) is 22.9. The molecular weight excluding hydrogens is 1610 g/mol. The van der Waals surface area contributed by atoms with Crippen LogP contribution in [0.2, 0.25) is 0 Å². The average Bonchev–Trinajstić information content (AvgIpc) is 1.57. The molecule has 9 aromatic heterocycles. The van der Waals surface area contributed by atoms with Gasteiger partial charge in [0.1, 0.15) is 107 Å². The summed E-state index contributed by atoms with van der Waals surface area (Å²) in [6.07, 6.45) is 14.8. The molecule has 115 heavy (non-hydrogen) atoms. The Bertz CT molecular complexity index is 5810. The molecule has 18 rings (SSSR count). The summed E-state index contributed by atoms with van der Waals surface area (Å²) < 4.78 is 92.9. The number of nitrogens with zero attached hydrogens (tertiary/aromatic N) is 12. The van der Waals surface area contributed by atoms with Crippen LogP contribution in [0.5, 0.6) is 5.75 Å². The third-order valence-electron chi connectivity index (χ3n) is 22.6. The summed E-state index contributed by atoms with van der Waals surface area (Å²) in [7, 11) is 1.38. The molecule has 604 valence electrons. The second-order valence-corrected chi connectivity index (χ2v) is 33.3. The molecule has 26 nitrogen and oxygen atoms in total. The fraction of sp³-hybridized carbons (Fsp3) is 0.361. The maximum Gasteiger partial charge on any atom is 0.177 e. The number of hydrogen-bond acceptors (Lipinski definition) is 23. The number of aliphatic hydroxyl groups is 2. The van der Waals surface area contributed by atoms with E-state index < -0.39 is 35.0 Å². The molecular formula is C83H93Br2F4N19O7. The van der Waals surface area contributed by atoms with Gasteiger partial charge in [0.05, 0.1) is 81.9 Å². The molecule has 3 saturated carbocycles. The number of halogens is 6. The number of aryl methyl sites for hydroxylation is 2. The van der Waals surface area contributed by atoms with Gasteiger partial charge in [-0.05, 0) is 198 Å². The lowest BCUT2D eigenvalue weighted by Crippen LogP contribution is -2.35. The maximum atomic E-state index is 14.8. The summed E-state index contributed by atoms with van der Waals surface area (Å²) >= 11 is 6.29. The van der Waals surface area contributed by atoms with Gasteiger partial charge in [0.15, 0.2) is 23.1 Å². The van der Waals surface area contributed by atoms with Crippen LogP contribution in [0.25, 0.3) is 65.8 Å². The number of fused-ring (bicyclic) bond motifs is 8. The molecule has 2 saturated heterocycles. The molecule has 5 aliphatic rings. The zero-order valence-electron chi connectivity index (χ0n) is 63.8. The number of nitrogen functional groups attached to an aromatic ring is 7. The van der Waals surface area contributed by atoms with Gasteiger partial charge >= 0.3 is 0 Å². The molecule has 16 N–H and O–H groups in total. The minimum atomic E-state index is -0.971. The quantitative estimate of drug-likeness (QED) is 0.0330. The zero-order chi connectivity index (χ0) is 81.4. The van der Waals surface area contributed by atoms with E-state index in [-0.39, 0.29) is 84.0 Å². The van der Waals surface area contributed by atoms with E-state index in [1.165, 1.54) is 44.3 Å². The maximum absolute atomic E-state index is 14.8. The van der Waals surface area contributed by atoms with Crippen molar-refractivity contribution in [2.45, 2.75) is 167 Å². The fourth-order valence-corrected chi connectivity index (χ4v) is 17.7. The van der Waals surface area contributed by atoms with Gasteiger partial charge in [0.25, 0.3) is 0 Å². The number of pyridine rings is 3. The van der Waals surface area contributed by atoms with Gasteiger partial charge in [0.2, 0.25) is 0 Å². The molecule has 13 aromatic rings. The fourth-order valence-electron chi connectivity index (χ4n) is 16.8. The van der Waals surface area contributed by atoms with E-state index in [1.807, 2.05) is 94.2 Å². The Hall–Kier alpha value is -10.5. The normalized spacial score (nSPS) is 24.8. The Balaban J connectivity index is 0.000000132. The number of aliphatic hydroxyl groups excluding tert-OH is 2. The van der Waals surface area contributed by atoms with Gasteiger partial charge in [-0.3, -0.25) is 0 Å². The summed E-state index contributed by atoms with van der Waals surface area (Å²) in [6.45, 7) is 18.2. The molecule has 0 radical (unpaired) electrons. The lowest BCUT2D eigenvalue weighted by molar-refractivity contribution is -0.168. The molecule has 0 bridgehead atoms. The number of nitrogens with two attached hydrogens (primary N) is 7. The number of anilines is 7. The Morgan fingerprint density at radius 3 is 1.33 bits per heavy atom. The minimum absolute atomic E-state index is 0. The molecule has 11 heterocycles. The van der Waals surface area contributed by atoms with Crippen molar-refractivity contribution < 1.29 is 51.5 Å². The van der Waals surface area contributed by atoms with Gasteiger partial charge in [-0.15, -0.1) is 6.58 Å². The van der Waals surface area contributed by atoms with Crippen molar-refractivity contribution in [1.82, 2.24) is 58.6 Å². The monoisotopic (exact) mass is 1700 g/mol. The van der Waals surface area contributed by atoms with Crippen LogP contribution in [0.1, 0.15) is 117 Å². The standard InChI is InChI=1S/C26H29FN6O2.C23H25FN6O2.C17H22N4O2.C9H6BrFN2.C7H7BrFNO.CH4/c1-25(2)34-21-19(33-9-7-16-23(29)30-13-31-24(16)33)12-26(3,22(21)35-25)8-6-14-10-17(27)15-4-5-20(28)32-18(15)11-14;1-23(6-4-12-8-15(24)13-2-3-18(25)29-16(13)9-12)10-17(19(31)20(23)32)30-7-5-14-21(26)27-11-28-22(14)30;1-5-17(4)8-11(12-13(17)23-16(2,3)22-12)21-7-6-10-14(18)19-9-20-15(10)21;10-5-3-7(11)6-1-2-9(12)13-8(6)4-5;1-11-7-5(9)2-4(8)3-6(7)10;/h4-5,7,9-11,13,19,21-22H,6,8,12H2,1-3H3,(H2,28,32)(H2,29,30,31);2-3,5,7-9,11,17,19-20,31-32H,4,6,10H2,1H3,(H2,25,29)(H2,26,27,28);5-7,9,11-13H,1,8H2,2-4H3,(H2,18,19,20);1-4H,(H2,12,13);2-3H,10H2,1H3;1H4/t19-,21+,22+,26+;17-,19+,20+,23+;11-,12+,13+,17+;;;/m111.../s1. The topological polar surface area (TPSA) is 400 Å². The lowest BCUT2D eigenvalue weighted by atomic mass is 9.80. The number of hydrogen-bond donors (Lipinski definition) is 9. The predicted octanol–water partition coefficient (Wildman–Crippen LogP) is 15.2. The summed E-state index contributed by atoms with van der Waals surface area (Å²) in [5.74, 6) is -0.136. The minimum Gasteiger partial charge on any atom is -0.492 e. The van der Waals surface area contributed by atoms with Crippen LogP contribution in [-0.4, -0.2) is 124 Å². The first-order valence-electron chi connectivity index (χ1n) is 37.0. The van der Waals surface area contributed by atoms with E-state index >= 15 is 0 Å². The third-order valence-corrected chi connectivity index (χ3v) is 23.5. The molecule has 5 fully saturated rings. The molecule has 0 spiro atoms. The molecule has 4 aromatic carbocycles. The van der Waals surface area contributed by atoms with Crippen molar-refractivity contribution in [1.29, 1.82) is 0 Å². The highest BCUT2D eigenvalue weighted by Crippen LogP contribution is 2.57. The van der Waals surface area contributed by atoms with Crippen molar-refractivity contribution >= 4 is 138 Å². The van der Waals surface area contributed by atoms with Crippen LogP contribution in [0.3, 0.4) is 0 Å². The second-order valence-electron chi connectivity index (χ2n) is 31.4. The van der Waals surface area contributed by atoms with Gasteiger partial charge in [0, 0.05) is 49.1 Å². The second kappa shape index (κ2) is 32.0. The summed E-state index contributed by atoms with van der Waals surface area (Å²) in [5.41, 5.74) is 45.4. The highest BCUT2D eigenvalue weighted by Gasteiger charge is 2.61. The Morgan fingerprint density at radius 2 is 0.878 bits per heavy atom. The average molecular weight is 1700 g/mol. The third kappa shape index (κ3) is 16.4. The van der Waals surface area contributed by atoms with E-state index in [0.29, 0.717) is 119 Å². The van der Waals surface area contributed by atoms with Crippen LogP contribution in [0.15, 0.2) is 162 Å². The van der Waals surface area contributed by atoms with E-state index in [4.69, 9.17) is 63.8 Å². The highest BCUT2D eigenvalue weighted by molar-refractivity contribution is 9.10. The number of methoxy groups -OCH3 is 1. The Morgan fingerprint density at radius 1 is 0.487 bits per heavy atom. The number of rotatable bonds is 11. The Labute approximate surface area is 677 Å². The van der Waals surface area contributed by atoms with Crippen LogP contribution in [0.4, 0.5) is 58.2 Å². The van der Waals surface area contributed by atoms with Crippen LogP contribution >= 0.6 is 31.9 Å². The van der Waals surface area contributed by atoms with Crippen molar-refractivity contribution in [2.75, 3.05) is 47.2 Å². The smallest absolute Gasteiger partial charge is 0.177 e. The first kappa shape index (κ1) is 82.5. The lowest BCUT2D eigenvalue weighted by Gasteiger charge is -2.32. The van der Waals surface area contributed by atoms with Crippen molar-refractivity contribution in [3.05, 3.63) is 197 Å². The van der Waals surface area contributed by atoms with E-state index in [2.05, 4.69) is 106 Å². The van der Waals surface area contributed by atoms with Crippen LogP contribution in [-0.2, 0) is 31.8 Å².